The highest BCUT2D eigenvalue weighted by Gasteiger charge is 2.19. The molecule has 2 aromatic rings. The summed E-state index contributed by atoms with van der Waals surface area (Å²) in [6, 6.07) is 9.91. The van der Waals surface area contributed by atoms with E-state index < -0.39 is 0 Å². The van der Waals surface area contributed by atoms with Crippen LogP contribution in [0.15, 0.2) is 41.0 Å². The molecule has 4 heteroatoms. The lowest BCUT2D eigenvalue weighted by Gasteiger charge is -2.16. The van der Waals surface area contributed by atoms with Crippen molar-refractivity contribution in [1.82, 2.24) is 5.32 Å². The highest BCUT2D eigenvalue weighted by atomic mass is 16.5. The fourth-order valence-electron chi connectivity index (χ4n) is 2.38. The number of ether oxygens (including phenoxy) is 2. The van der Waals surface area contributed by atoms with Crippen LogP contribution in [0.5, 0.6) is 11.5 Å². The predicted octanol–water partition coefficient (Wildman–Crippen LogP) is 3.00. The van der Waals surface area contributed by atoms with Gasteiger partial charge < -0.3 is 19.2 Å². The average molecular weight is 273 g/mol. The topological polar surface area (TPSA) is 43.6 Å². The highest BCUT2D eigenvalue weighted by molar-refractivity contribution is 5.45. The molecule has 0 bridgehead atoms. The first-order valence-electron chi connectivity index (χ1n) is 6.88. The van der Waals surface area contributed by atoms with E-state index in [1.807, 2.05) is 37.4 Å². The number of furan rings is 1. The maximum Gasteiger partial charge on any atom is 0.161 e. The van der Waals surface area contributed by atoms with Crippen molar-refractivity contribution in [3.63, 3.8) is 0 Å². The molecule has 0 saturated heterocycles. The molecule has 0 fully saturated rings. The number of hydrogen-bond acceptors (Lipinski definition) is 4. The molecule has 1 aliphatic heterocycles. The Balaban J connectivity index is 1.91. The van der Waals surface area contributed by atoms with Crippen molar-refractivity contribution in [3.8, 4) is 11.5 Å². The van der Waals surface area contributed by atoms with E-state index in [0.717, 1.165) is 22.8 Å². The lowest BCUT2D eigenvalue weighted by atomic mass is 10.0. The fourth-order valence-corrected chi connectivity index (χ4v) is 2.38. The van der Waals surface area contributed by atoms with Crippen molar-refractivity contribution >= 4 is 0 Å². The van der Waals surface area contributed by atoms with Gasteiger partial charge in [-0.05, 0) is 36.9 Å². The Hall–Kier alpha value is -1.94. The Morgan fingerprint density at radius 1 is 1.15 bits per heavy atom. The summed E-state index contributed by atoms with van der Waals surface area (Å²) < 4.78 is 17.1. The molecule has 0 spiro atoms. The normalized spacial score (nSPS) is 19.4. The minimum absolute atomic E-state index is 0.0135. The zero-order valence-corrected chi connectivity index (χ0v) is 11.8. The second-order valence-electron chi connectivity index (χ2n) is 5.17. The smallest absolute Gasteiger partial charge is 0.161 e. The molecule has 1 aliphatic rings. The van der Waals surface area contributed by atoms with Crippen LogP contribution < -0.4 is 14.8 Å². The van der Waals surface area contributed by atoms with Gasteiger partial charge in [-0.15, -0.1) is 0 Å². The standard InChI is InChI=1S/C16H19NO3/c1-11-9-19-13-6-5-12(8-15(13)20-10-11)16(17-2)14-4-3-7-18-14/h3-8,11,16-17H,9-10H2,1-2H3. The first-order chi connectivity index (χ1) is 9.78. The number of fused-ring (bicyclic) bond motifs is 1. The number of nitrogens with one attached hydrogen (secondary N) is 1. The predicted molar refractivity (Wildman–Crippen MR) is 76.2 cm³/mol. The van der Waals surface area contributed by atoms with Gasteiger partial charge in [0.2, 0.25) is 0 Å². The first-order valence-corrected chi connectivity index (χ1v) is 6.88. The van der Waals surface area contributed by atoms with Gasteiger partial charge in [0.15, 0.2) is 11.5 Å². The van der Waals surface area contributed by atoms with E-state index in [-0.39, 0.29) is 6.04 Å². The van der Waals surface area contributed by atoms with Gasteiger partial charge in [-0.2, -0.15) is 0 Å². The summed E-state index contributed by atoms with van der Waals surface area (Å²) in [4.78, 5) is 0. The van der Waals surface area contributed by atoms with Crippen LogP contribution in [0.4, 0.5) is 0 Å². The Morgan fingerprint density at radius 3 is 2.65 bits per heavy atom. The molecule has 4 nitrogen and oxygen atoms in total. The molecule has 3 rings (SSSR count). The summed E-state index contributed by atoms with van der Waals surface area (Å²) in [6.07, 6.45) is 1.68. The molecule has 1 aromatic carbocycles. The quantitative estimate of drug-likeness (QED) is 0.933. The van der Waals surface area contributed by atoms with E-state index in [0.29, 0.717) is 19.1 Å². The third kappa shape index (κ3) is 2.51. The van der Waals surface area contributed by atoms with Crippen LogP contribution in [0.1, 0.15) is 24.3 Å². The molecule has 1 N–H and O–H groups in total. The summed E-state index contributed by atoms with van der Waals surface area (Å²) >= 11 is 0. The molecule has 2 unspecified atom stereocenters. The Bertz CT molecular complexity index is 565. The van der Waals surface area contributed by atoms with Crippen molar-refractivity contribution in [2.24, 2.45) is 5.92 Å². The van der Waals surface area contributed by atoms with Gasteiger partial charge in [-0.25, -0.2) is 0 Å². The van der Waals surface area contributed by atoms with Gasteiger partial charge in [-0.1, -0.05) is 13.0 Å². The zero-order chi connectivity index (χ0) is 13.9. The fraction of sp³-hybridized carbons (Fsp3) is 0.375. The van der Waals surface area contributed by atoms with Crippen LogP contribution in [0, 0.1) is 5.92 Å². The lowest BCUT2D eigenvalue weighted by Crippen LogP contribution is -2.17. The van der Waals surface area contributed by atoms with Crippen LogP contribution in [-0.2, 0) is 0 Å². The zero-order valence-electron chi connectivity index (χ0n) is 11.8. The Labute approximate surface area is 118 Å². The minimum atomic E-state index is 0.0135. The Morgan fingerprint density at radius 2 is 1.95 bits per heavy atom. The molecule has 106 valence electrons. The summed E-state index contributed by atoms with van der Waals surface area (Å²) in [6.45, 7) is 3.49. The van der Waals surface area contributed by atoms with E-state index in [1.54, 1.807) is 6.26 Å². The Kier molecular flexibility index (Phi) is 3.65. The second-order valence-corrected chi connectivity index (χ2v) is 5.17. The van der Waals surface area contributed by atoms with Crippen LogP contribution in [0.3, 0.4) is 0 Å². The first kappa shape index (κ1) is 13.1. The van der Waals surface area contributed by atoms with Crippen LogP contribution in [-0.4, -0.2) is 20.3 Å². The summed E-state index contributed by atoms with van der Waals surface area (Å²) in [7, 11) is 1.91. The largest absolute Gasteiger partial charge is 0.489 e. The van der Waals surface area contributed by atoms with Gasteiger partial charge in [0, 0.05) is 5.92 Å². The van der Waals surface area contributed by atoms with Crippen molar-refractivity contribution in [3.05, 3.63) is 47.9 Å². The van der Waals surface area contributed by atoms with E-state index in [9.17, 15) is 0 Å². The number of rotatable bonds is 3. The van der Waals surface area contributed by atoms with Gasteiger partial charge in [0.1, 0.15) is 5.76 Å². The molecule has 1 aromatic heterocycles. The molecular weight excluding hydrogens is 254 g/mol. The SMILES string of the molecule is CNC(c1ccc2c(c1)OCC(C)CO2)c1ccco1. The maximum atomic E-state index is 5.83. The van der Waals surface area contributed by atoms with Gasteiger partial charge in [-0.3, -0.25) is 0 Å². The van der Waals surface area contributed by atoms with E-state index >= 15 is 0 Å². The van der Waals surface area contributed by atoms with E-state index in [1.165, 1.54) is 0 Å². The second kappa shape index (κ2) is 5.59. The maximum absolute atomic E-state index is 5.83. The van der Waals surface area contributed by atoms with Crippen LogP contribution in [0.25, 0.3) is 0 Å². The summed E-state index contributed by atoms with van der Waals surface area (Å²) in [5.74, 6) is 2.90. The molecule has 20 heavy (non-hydrogen) atoms. The molecule has 0 radical (unpaired) electrons. The van der Waals surface area contributed by atoms with Crippen LogP contribution >= 0.6 is 0 Å². The molecule has 0 aliphatic carbocycles. The van der Waals surface area contributed by atoms with Gasteiger partial charge >= 0.3 is 0 Å². The number of hydrogen-bond donors (Lipinski definition) is 1. The van der Waals surface area contributed by atoms with Crippen molar-refractivity contribution in [2.75, 3.05) is 20.3 Å². The molecule has 2 heterocycles. The third-order valence-corrected chi connectivity index (χ3v) is 3.46. The van der Waals surface area contributed by atoms with Gasteiger partial charge in [0.25, 0.3) is 0 Å². The van der Waals surface area contributed by atoms with Crippen molar-refractivity contribution < 1.29 is 13.9 Å². The third-order valence-electron chi connectivity index (χ3n) is 3.46. The monoisotopic (exact) mass is 273 g/mol. The van der Waals surface area contributed by atoms with E-state index in [2.05, 4.69) is 12.2 Å². The summed E-state index contributed by atoms with van der Waals surface area (Å²) in [5.41, 5.74) is 1.10. The van der Waals surface area contributed by atoms with Crippen molar-refractivity contribution in [1.29, 1.82) is 0 Å². The van der Waals surface area contributed by atoms with Crippen molar-refractivity contribution in [2.45, 2.75) is 13.0 Å². The van der Waals surface area contributed by atoms with E-state index in [4.69, 9.17) is 13.9 Å². The molecular formula is C16H19NO3. The number of benzene rings is 1. The average Bonchev–Trinajstić information content (AvgIpc) is 2.92. The highest BCUT2D eigenvalue weighted by Crippen LogP contribution is 2.34. The summed E-state index contributed by atoms with van der Waals surface area (Å²) in [5, 5.41) is 3.26. The lowest BCUT2D eigenvalue weighted by molar-refractivity contribution is 0.228. The van der Waals surface area contributed by atoms with Crippen LogP contribution in [0.2, 0.25) is 0 Å². The molecule has 2 atom stereocenters. The minimum Gasteiger partial charge on any atom is -0.489 e. The molecule has 0 saturated carbocycles. The molecule has 0 amide bonds. The van der Waals surface area contributed by atoms with Gasteiger partial charge in [0.05, 0.1) is 25.5 Å².